The Morgan fingerprint density at radius 2 is 2.11 bits per heavy atom. The number of rotatable bonds is 6. The molecule has 3 nitrogen and oxygen atoms in total. The largest absolute Gasteiger partial charge is 0.345 e. The zero-order valence-electron chi connectivity index (χ0n) is 11.2. The Morgan fingerprint density at radius 1 is 1.28 bits per heavy atom. The number of aryl methyl sites for hydroxylation is 1. The molecule has 1 heterocycles. The maximum atomic E-state index is 4.44. The lowest BCUT2D eigenvalue weighted by Gasteiger charge is -2.03. The number of H-pyrrole nitrogens is 1. The first-order valence-corrected chi connectivity index (χ1v) is 6.57. The SMILES string of the molecule is CCCNCc1cnc(Cc2ccccc2C)[nH]1. The van der Waals surface area contributed by atoms with Crippen LogP contribution in [0.5, 0.6) is 0 Å². The van der Waals surface area contributed by atoms with Crippen molar-refractivity contribution >= 4 is 0 Å². The van der Waals surface area contributed by atoms with E-state index >= 15 is 0 Å². The van der Waals surface area contributed by atoms with Gasteiger partial charge in [-0.1, -0.05) is 31.2 Å². The number of imidazole rings is 1. The molecule has 0 amide bonds. The van der Waals surface area contributed by atoms with Crippen molar-refractivity contribution in [2.24, 2.45) is 0 Å². The average Bonchev–Trinajstić information content (AvgIpc) is 2.80. The molecule has 0 saturated heterocycles. The molecule has 0 aliphatic carbocycles. The molecule has 1 aromatic heterocycles. The highest BCUT2D eigenvalue weighted by atomic mass is 15.0. The van der Waals surface area contributed by atoms with Gasteiger partial charge in [-0.05, 0) is 31.0 Å². The summed E-state index contributed by atoms with van der Waals surface area (Å²) in [5, 5.41) is 3.37. The number of nitrogens with one attached hydrogen (secondary N) is 2. The van der Waals surface area contributed by atoms with Crippen LogP contribution in [0.25, 0.3) is 0 Å². The van der Waals surface area contributed by atoms with E-state index in [9.17, 15) is 0 Å². The highest BCUT2D eigenvalue weighted by molar-refractivity contribution is 5.28. The smallest absolute Gasteiger partial charge is 0.110 e. The van der Waals surface area contributed by atoms with E-state index in [1.165, 1.54) is 11.1 Å². The number of aromatic nitrogens is 2. The summed E-state index contributed by atoms with van der Waals surface area (Å²) in [6.45, 7) is 6.23. The van der Waals surface area contributed by atoms with Gasteiger partial charge in [0.1, 0.15) is 5.82 Å². The standard InChI is InChI=1S/C15H21N3/c1-3-8-16-10-14-11-17-15(18-14)9-13-7-5-4-6-12(13)2/h4-7,11,16H,3,8-10H2,1-2H3,(H,17,18). The van der Waals surface area contributed by atoms with E-state index < -0.39 is 0 Å². The number of nitrogens with zero attached hydrogens (tertiary/aromatic N) is 1. The summed E-state index contributed by atoms with van der Waals surface area (Å²) in [5.41, 5.74) is 3.81. The third-order valence-electron chi connectivity index (χ3n) is 3.04. The van der Waals surface area contributed by atoms with Crippen LogP contribution in [0.4, 0.5) is 0 Å². The van der Waals surface area contributed by atoms with Crippen molar-refractivity contribution in [2.45, 2.75) is 33.2 Å². The number of hydrogen-bond acceptors (Lipinski definition) is 2. The fourth-order valence-corrected chi connectivity index (χ4v) is 1.97. The molecule has 0 bridgehead atoms. The summed E-state index contributed by atoms with van der Waals surface area (Å²) in [5.74, 6) is 1.04. The zero-order valence-corrected chi connectivity index (χ0v) is 11.2. The van der Waals surface area contributed by atoms with E-state index in [-0.39, 0.29) is 0 Å². The predicted molar refractivity (Wildman–Crippen MR) is 74.6 cm³/mol. The third-order valence-corrected chi connectivity index (χ3v) is 3.04. The maximum Gasteiger partial charge on any atom is 0.110 e. The summed E-state index contributed by atoms with van der Waals surface area (Å²) in [6.07, 6.45) is 3.96. The molecular formula is C15H21N3. The quantitative estimate of drug-likeness (QED) is 0.766. The van der Waals surface area contributed by atoms with Gasteiger partial charge in [0.15, 0.2) is 0 Å². The Labute approximate surface area is 109 Å². The van der Waals surface area contributed by atoms with E-state index in [1.807, 2.05) is 6.20 Å². The molecule has 0 unspecified atom stereocenters. The monoisotopic (exact) mass is 243 g/mol. The molecule has 0 aliphatic rings. The van der Waals surface area contributed by atoms with Crippen LogP contribution in [0.15, 0.2) is 30.5 Å². The van der Waals surface area contributed by atoms with Crippen molar-refractivity contribution in [1.82, 2.24) is 15.3 Å². The molecule has 0 aliphatic heterocycles. The molecule has 3 heteroatoms. The maximum absolute atomic E-state index is 4.44. The van der Waals surface area contributed by atoms with E-state index in [4.69, 9.17) is 0 Å². The van der Waals surface area contributed by atoms with Gasteiger partial charge in [0, 0.05) is 24.9 Å². The van der Waals surface area contributed by atoms with E-state index in [1.54, 1.807) is 0 Å². The minimum atomic E-state index is 0.870. The summed E-state index contributed by atoms with van der Waals surface area (Å²) < 4.78 is 0. The minimum absolute atomic E-state index is 0.870. The molecule has 0 fully saturated rings. The molecule has 0 radical (unpaired) electrons. The molecule has 96 valence electrons. The van der Waals surface area contributed by atoms with Crippen LogP contribution in [0.1, 0.15) is 36.0 Å². The molecule has 0 atom stereocenters. The first-order chi connectivity index (χ1) is 8.79. The van der Waals surface area contributed by atoms with Crippen LogP contribution in [-0.4, -0.2) is 16.5 Å². The van der Waals surface area contributed by atoms with Crippen LogP contribution in [0.3, 0.4) is 0 Å². The summed E-state index contributed by atoms with van der Waals surface area (Å²) in [6, 6.07) is 8.45. The topological polar surface area (TPSA) is 40.7 Å². The van der Waals surface area contributed by atoms with Crippen molar-refractivity contribution in [2.75, 3.05) is 6.54 Å². The Kier molecular flexibility index (Phi) is 4.53. The normalized spacial score (nSPS) is 10.8. The third kappa shape index (κ3) is 3.44. The van der Waals surface area contributed by atoms with Crippen LogP contribution >= 0.6 is 0 Å². The van der Waals surface area contributed by atoms with Gasteiger partial charge in [0.05, 0.1) is 0 Å². The second kappa shape index (κ2) is 6.36. The van der Waals surface area contributed by atoms with Gasteiger partial charge in [-0.15, -0.1) is 0 Å². The Hall–Kier alpha value is -1.61. The second-order valence-electron chi connectivity index (χ2n) is 4.64. The first-order valence-electron chi connectivity index (χ1n) is 6.57. The van der Waals surface area contributed by atoms with Crippen LogP contribution in [-0.2, 0) is 13.0 Å². The fourth-order valence-electron chi connectivity index (χ4n) is 1.97. The summed E-state index contributed by atoms with van der Waals surface area (Å²) in [7, 11) is 0. The molecule has 2 N–H and O–H groups in total. The van der Waals surface area contributed by atoms with E-state index in [0.717, 1.165) is 37.4 Å². The van der Waals surface area contributed by atoms with Gasteiger partial charge in [0.2, 0.25) is 0 Å². The molecule has 1 aromatic carbocycles. The number of hydrogen-bond donors (Lipinski definition) is 2. The predicted octanol–water partition coefficient (Wildman–Crippen LogP) is 2.81. The van der Waals surface area contributed by atoms with Gasteiger partial charge >= 0.3 is 0 Å². The molecule has 0 saturated carbocycles. The fraction of sp³-hybridized carbons (Fsp3) is 0.400. The van der Waals surface area contributed by atoms with Crippen molar-refractivity contribution < 1.29 is 0 Å². The van der Waals surface area contributed by atoms with E-state index in [2.05, 4.69) is 53.4 Å². The lowest BCUT2D eigenvalue weighted by Crippen LogP contribution is -2.13. The summed E-state index contributed by atoms with van der Waals surface area (Å²) >= 11 is 0. The Bertz CT molecular complexity index is 488. The van der Waals surface area contributed by atoms with Crippen LogP contribution in [0, 0.1) is 6.92 Å². The molecular weight excluding hydrogens is 222 g/mol. The van der Waals surface area contributed by atoms with Crippen molar-refractivity contribution in [3.63, 3.8) is 0 Å². The second-order valence-corrected chi connectivity index (χ2v) is 4.64. The van der Waals surface area contributed by atoms with Gasteiger partial charge in [-0.25, -0.2) is 4.98 Å². The van der Waals surface area contributed by atoms with E-state index in [0.29, 0.717) is 0 Å². The highest BCUT2D eigenvalue weighted by Crippen LogP contribution is 2.11. The van der Waals surface area contributed by atoms with Crippen molar-refractivity contribution in [3.8, 4) is 0 Å². The van der Waals surface area contributed by atoms with Gasteiger partial charge < -0.3 is 10.3 Å². The van der Waals surface area contributed by atoms with Crippen molar-refractivity contribution in [1.29, 1.82) is 0 Å². The van der Waals surface area contributed by atoms with Crippen LogP contribution < -0.4 is 5.32 Å². The lowest BCUT2D eigenvalue weighted by molar-refractivity contribution is 0.665. The zero-order chi connectivity index (χ0) is 12.8. The average molecular weight is 243 g/mol. The highest BCUT2D eigenvalue weighted by Gasteiger charge is 2.03. The number of aromatic amines is 1. The molecule has 2 rings (SSSR count). The minimum Gasteiger partial charge on any atom is -0.345 e. The first kappa shape index (κ1) is 12.8. The molecule has 2 aromatic rings. The Morgan fingerprint density at radius 3 is 2.89 bits per heavy atom. The van der Waals surface area contributed by atoms with Gasteiger partial charge in [-0.3, -0.25) is 0 Å². The molecule has 0 spiro atoms. The molecule has 18 heavy (non-hydrogen) atoms. The van der Waals surface area contributed by atoms with Crippen LogP contribution in [0.2, 0.25) is 0 Å². The van der Waals surface area contributed by atoms with Crippen molar-refractivity contribution in [3.05, 3.63) is 53.1 Å². The van der Waals surface area contributed by atoms with Gasteiger partial charge in [-0.2, -0.15) is 0 Å². The lowest BCUT2D eigenvalue weighted by atomic mass is 10.1. The summed E-state index contributed by atoms with van der Waals surface area (Å²) in [4.78, 5) is 7.81. The Balaban J connectivity index is 1.96. The van der Waals surface area contributed by atoms with Gasteiger partial charge in [0.25, 0.3) is 0 Å². The number of benzene rings is 1.